The van der Waals surface area contributed by atoms with Crippen molar-refractivity contribution in [1.29, 1.82) is 0 Å². The highest BCUT2D eigenvalue weighted by atomic mass is 79.9. The van der Waals surface area contributed by atoms with Gasteiger partial charge in [0.25, 0.3) is 0 Å². The van der Waals surface area contributed by atoms with Crippen molar-refractivity contribution in [2.45, 2.75) is 26.8 Å². The highest BCUT2D eigenvalue weighted by Crippen LogP contribution is 2.31. The van der Waals surface area contributed by atoms with E-state index in [9.17, 15) is 0 Å². The molecule has 21 heavy (non-hydrogen) atoms. The summed E-state index contributed by atoms with van der Waals surface area (Å²) in [5.74, 6) is 1.21. The van der Waals surface area contributed by atoms with Crippen molar-refractivity contribution >= 4 is 27.5 Å². The van der Waals surface area contributed by atoms with Crippen LogP contribution < -0.4 is 10.1 Å². The van der Waals surface area contributed by atoms with Crippen LogP contribution >= 0.6 is 27.5 Å². The van der Waals surface area contributed by atoms with Crippen molar-refractivity contribution in [3.8, 4) is 11.6 Å². The monoisotopic (exact) mass is 368 g/mol. The van der Waals surface area contributed by atoms with Crippen LogP contribution in [0.4, 0.5) is 0 Å². The Kier molecular flexibility index (Phi) is 6.03. The lowest BCUT2D eigenvalue weighted by Crippen LogP contribution is -2.14. The molecule has 0 spiro atoms. The number of pyridine rings is 1. The third-order valence-corrected chi connectivity index (χ3v) is 3.67. The summed E-state index contributed by atoms with van der Waals surface area (Å²) in [6.07, 6.45) is 2.81. The van der Waals surface area contributed by atoms with Gasteiger partial charge in [0.05, 0.1) is 5.02 Å². The molecule has 0 unspecified atom stereocenters. The highest BCUT2D eigenvalue weighted by Gasteiger charge is 2.10. The van der Waals surface area contributed by atoms with E-state index in [1.807, 2.05) is 31.2 Å². The molecule has 0 saturated heterocycles. The average molecular weight is 370 g/mol. The number of ether oxygens (including phenoxy) is 1. The van der Waals surface area contributed by atoms with E-state index in [0.29, 0.717) is 23.2 Å². The molecule has 2 rings (SSSR count). The van der Waals surface area contributed by atoms with Crippen LogP contribution in [0.25, 0.3) is 0 Å². The van der Waals surface area contributed by atoms with Crippen LogP contribution in [0.3, 0.4) is 0 Å². The second-order valence-electron chi connectivity index (χ2n) is 4.83. The van der Waals surface area contributed by atoms with Crippen molar-refractivity contribution in [2.24, 2.45) is 0 Å². The Morgan fingerprint density at radius 2 is 2.14 bits per heavy atom. The molecule has 1 heterocycles. The summed E-state index contributed by atoms with van der Waals surface area (Å²) in [5.41, 5.74) is 2.09. The van der Waals surface area contributed by atoms with Crippen molar-refractivity contribution < 1.29 is 4.74 Å². The van der Waals surface area contributed by atoms with Gasteiger partial charge in [0.2, 0.25) is 5.88 Å². The zero-order valence-corrected chi connectivity index (χ0v) is 14.5. The Hall–Kier alpha value is -1.10. The molecule has 112 valence electrons. The largest absolute Gasteiger partial charge is 0.437 e. The van der Waals surface area contributed by atoms with E-state index in [1.54, 1.807) is 6.20 Å². The standard InChI is InChI=1S/C16H18BrClN2O/c1-3-6-19-9-12-8-13(17)10-20-16(12)21-15-7-11(2)4-5-14(15)18/h4-5,7-8,10,19H,3,6,9H2,1-2H3. The second kappa shape index (κ2) is 7.78. The van der Waals surface area contributed by atoms with Gasteiger partial charge in [-0.2, -0.15) is 0 Å². The zero-order chi connectivity index (χ0) is 15.2. The number of nitrogens with zero attached hydrogens (tertiary/aromatic N) is 1. The minimum Gasteiger partial charge on any atom is -0.437 e. The SMILES string of the molecule is CCCNCc1cc(Br)cnc1Oc1cc(C)ccc1Cl. The van der Waals surface area contributed by atoms with E-state index in [-0.39, 0.29) is 0 Å². The molecular formula is C16H18BrClN2O. The molecule has 0 fully saturated rings. The third-order valence-electron chi connectivity index (χ3n) is 2.93. The molecule has 0 amide bonds. The van der Waals surface area contributed by atoms with Crippen molar-refractivity contribution in [3.05, 3.63) is 51.1 Å². The molecule has 1 aromatic carbocycles. The first-order chi connectivity index (χ1) is 10.1. The number of halogens is 2. The number of nitrogens with one attached hydrogen (secondary N) is 1. The Labute approximate surface area is 138 Å². The van der Waals surface area contributed by atoms with Gasteiger partial charge in [-0.1, -0.05) is 24.6 Å². The van der Waals surface area contributed by atoms with E-state index in [1.165, 1.54) is 0 Å². The Morgan fingerprint density at radius 1 is 1.33 bits per heavy atom. The van der Waals surface area contributed by atoms with Crippen LogP contribution in [0.2, 0.25) is 5.02 Å². The van der Waals surface area contributed by atoms with Gasteiger partial charge in [-0.3, -0.25) is 0 Å². The number of hydrogen-bond acceptors (Lipinski definition) is 3. The number of aryl methyl sites for hydroxylation is 1. The summed E-state index contributed by atoms with van der Waals surface area (Å²) >= 11 is 9.62. The fraction of sp³-hybridized carbons (Fsp3) is 0.312. The fourth-order valence-corrected chi connectivity index (χ4v) is 2.41. The van der Waals surface area contributed by atoms with E-state index >= 15 is 0 Å². The maximum atomic E-state index is 6.18. The third kappa shape index (κ3) is 4.70. The number of hydrogen-bond donors (Lipinski definition) is 1. The summed E-state index contributed by atoms with van der Waals surface area (Å²) in [5, 5.41) is 3.94. The normalized spacial score (nSPS) is 10.7. The summed E-state index contributed by atoms with van der Waals surface area (Å²) in [6, 6.07) is 7.71. The summed E-state index contributed by atoms with van der Waals surface area (Å²) < 4.78 is 6.83. The van der Waals surface area contributed by atoms with Gasteiger partial charge >= 0.3 is 0 Å². The first kappa shape index (κ1) is 16.3. The molecule has 1 N–H and O–H groups in total. The molecule has 0 atom stereocenters. The van der Waals surface area contributed by atoms with E-state index in [2.05, 4.69) is 33.2 Å². The van der Waals surface area contributed by atoms with E-state index in [0.717, 1.165) is 28.6 Å². The van der Waals surface area contributed by atoms with Gasteiger partial charge < -0.3 is 10.1 Å². The van der Waals surface area contributed by atoms with Crippen LogP contribution in [0.15, 0.2) is 34.9 Å². The molecule has 3 nitrogen and oxygen atoms in total. The average Bonchev–Trinajstić information content (AvgIpc) is 2.46. The first-order valence-electron chi connectivity index (χ1n) is 6.89. The van der Waals surface area contributed by atoms with Crippen LogP contribution in [0.5, 0.6) is 11.6 Å². The van der Waals surface area contributed by atoms with E-state index in [4.69, 9.17) is 16.3 Å². The quantitative estimate of drug-likeness (QED) is 0.719. The molecule has 0 aliphatic rings. The van der Waals surface area contributed by atoms with Gasteiger partial charge in [0.15, 0.2) is 0 Å². The minimum absolute atomic E-state index is 0.578. The first-order valence-corrected chi connectivity index (χ1v) is 8.06. The highest BCUT2D eigenvalue weighted by molar-refractivity contribution is 9.10. The maximum Gasteiger partial charge on any atom is 0.223 e. The summed E-state index contributed by atoms with van der Waals surface area (Å²) in [4.78, 5) is 4.36. The lowest BCUT2D eigenvalue weighted by Gasteiger charge is -2.12. The molecule has 0 saturated carbocycles. The molecule has 0 aliphatic carbocycles. The van der Waals surface area contributed by atoms with Crippen molar-refractivity contribution in [2.75, 3.05) is 6.54 Å². The van der Waals surface area contributed by atoms with Crippen LogP contribution in [0.1, 0.15) is 24.5 Å². The van der Waals surface area contributed by atoms with Crippen LogP contribution in [0, 0.1) is 6.92 Å². The lowest BCUT2D eigenvalue weighted by atomic mass is 10.2. The maximum absolute atomic E-state index is 6.18. The summed E-state index contributed by atoms with van der Waals surface area (Å²) in [6.45, 7) is 5.80. The molecule has 0 radical (unpaired) electrons. The number of benzene rings is 1. The van der Waals surface area contributed by atoms with Gasteiger partial charge in [-0.25, -0.2) is 4.98 Å². The number of aromatic nitrogens is 1. The van der Waals surface area contributed by atoms with E-state index < -0.39 is 0 Å². The number of rotatable bonds is 6. The Balaban J connectivity index is 2.24. The zero-order valence-electron chi connectivity index (χ0n) is 12.1. The van der Waals surface area contributed by atoms with Crippen LogP contribution in [-0.2, 0) is 6.54 Å². The molecule has 0 aliphatic heterocycles. The molecular weight excluding hydrogens is 352 g/mol. The molecule has 1 aromatic heterocycles. The molecule has 5 heteroatoms. The molecule has 2 aromatic rings. The fourth-order valence-electron chi connectivity index (χ4n) is 1.88. The predicted molar refractivity (Wildman–Crippen MR) is 90.2 cm³/mol. The Morgan fingerprint density at radius 3 is 2.90 bits per heavy atom. The Bertz CT molecular complexity index is 619. The van der Waals surface area contributed by atoms with Gasteiger partial charge in [-0.05, 0) is 59.6 Å². The smallest absolute Gasteiger partial charge is 0.223 e. The lowest BCUT2D eigenvalue weighted by molar-refractivity contribution is 0.452. The predicted octanol–water partition coefficient (Wildman–Crippen LogP) is 5.10. The minimum atomic E-state index is 0.578. The van der Waals surface area contributed by atoms with Gasteiger partial charge in [0, 0.05) is 22.8 Å². The topological polar surface area (TPSA) is 34.2 Å². The molecule has 0 bridgehead atoms. The van der Waals surface area contributed by atoms with Crippen LogP contribution in [-0.4, -0.2) is 11.5 Å². The summed E-state index contributed by atoms with van der Waals surface area (Å²) in [7, 11) is 0. The van der Waals surface area contributed by atoms with Crippen molar-refractivity contribution in [3.63, 3.8) is 0 Å². The van der Waals surface area contributed by atoms with Gasteiger partial charge in [0.1, 0.15) is 5.75 Å². The van der Waals surface area contributed by atoms with Crippen molar-refractivity contribution in [1.82, 2.24) is 10.3 Å². The van der Waals surface area contributed by atoms with Gasteiger partial charge in [-0.15, -0.1) is 0 Å². The second-order valence-corrected chi connectivity index (χ2v) is 6.15.